The van der Waals surface area contributed by atoms with Gasteiger partial charge in [-0.2, -0.15) is 13.5 Å². The van der Waals surface area contributed by atoms with Gasteiger partial charge >= 0.3 is 0 Å². The van der Waals surface area contributed by atoms with Crippen LogP contribution in [0.15, 0.2) is 59.6 Å². The summed E-state index contributed by atoms with van der Waals surface area (Å²) in [7, 11) is 0. The van der Waals surface area contributed by atoms with Gasteiger partial charge in [0.15, 0.2) is 0 Å². The molecule has 1 atom stereocenters. The summed E-state index contributed by atoms with van der Waals surface area (Å²) in [4.78, 5) is 4.76. The zero-order valence-corrected chi connectivity index (χ0v) is 12.8. The lowest BCUT2D eigenvalue weighted by molar-refractivity contribution is 0.627. The molecular formula is C17H20FNS. The molecule has 0 amide bonds. The molecule has 0 aliphatic heterocycles. The van der Waals surface area contributed by atoms with Crippen LogP contribution in [0.1, 0.15) is 37.4 Å². The van der Waals surface area contributed by atoms with Crippen molar-refractivity contribution in [2.75, 3.05) is 0 Å². The van der Waals surface area contributed by atoms with Gasteiger partial charge in [-0.1, -0.05) is 49.4 Å². The molecule has 2 aromatic rings. The molecule has 1 nitrogen and oxygen atoms in total. The highest BCUT2D eigenvalue weighted by atomic mass is 32.1. The van der Waals surface area contributed by atoms with Crippen LogP contribution < -0.4 is 0 Å². The lowest BCUT2D eigenvalue weighted by Gasteiger charge is -2.11. The Bertz CT molecular complexity index is 549. The molecule has 0 N–H and O–H groups in total. The van der Waals surface area contributed by atoms with E-state index in [2.05, 4.69) is 26.0 Å². The predicted molar refractivity (Wildman–Crippen MR) is 88.5 cm³/mol. The van der Waals surface area contributed by atoms with Crippen LogP contribution in [-0.4, -0.2) is 5.71 Å². The lowest BCUT2D eigenvalue weighted by Crippen LogP contribution is -2.02. The van der Waals surface area contributed by atoms with Crippen molar-refractivity contribution in [3.05, 3.63) is 71.5 Å². The van der Waals surface area contributed by atoms with Gasteiger partial charge in [-0.15, -0.1) is 0 Å². The largest absolute Gasteiger partial charge is 0.281 e. The summed E-state index contributed by atoms with van der Waals surface area (Å²) in [5.41, 5.74) is 3.19. The van der Waals surface area contributed by atoms with E-state index in [1.807, 2.05) is 18.2 Å². The molecule has 3 heteroatoms. The third kappa shape index (κ3) is 4.20. The van der Waals surface area contributed by atoms with E-state index < -0.39 is 0 Å². The van der Waals surface area contributed by atoms with Crippen LogP contribution in [0.3, 0.4) is 0 Å². The maximum absolute atomic E-state index is 12.9. The van der Waals surface area contributed by atoms with Crippen molar-refractivity contribution < 1.29 is 4.39 Å². The first kappa shape index (κ1) is 16.4. The molecule has 2 rings (SSSR count). The van der Waals surface area contributed by atoms with E-state index in [0.29, 0.717) is 0 Å². The minimum atomic E-state index is -0.213. The predicted octanol–water partition coefficient (Wildman–Crippen LogP) is 4.90. The number of hydrogen-bond acceptors (Lipinski definition) is 1. The number of hydrogen-bond donors (Lipinski definition) is 0. The Kier molecular flexibility index (Phi) is 6.46. The molecule has 0 radical (unpaired) electrons. The Morgan fingerprint density at radius 1 is 1.05 bits per heavy atom. The van der Waals surface area contributed by atoms with Crippen molar-refractivity contribution in [3.8, 4) is 0 Å². The Labute approximate surface area is 127 Å². The molecule has 0 aliphatic carbocycles. The van der Waals surface area contributed by atoms with Gasteiger partial charge < -0.3 is 0 Å². The second kappa shape index (κ2) is 7.85. The molecule has 0 bridgehead atoms. The molecule has 0 aliphatic rings. The highest BCUT2D eigenvalue weighted by Gasteiger charge is 2.06. The third-order valence-corrected chi connectivity index (χ3v) is 3.14. The minimum absolute atomic E-state index is 0. The summed E-state index contributed by atoms with van der Waals surface area (Å²) in [6.07, 6.45) is 0.836. The summed E-state index contributed by atoms with van der Waals surface area (Å²) < 4.78 is 12.9. The van der Waals surface area contributed by atoms with E-state index in [-0.39, 0.29) is 25.4 Å². The Balaban J connectivity index is 0.00000200. The van der Waals surface area contributed by atoms with Crippen molar-refractivity contribution >= 4 is 19.2 Å². The molecule has 0 saturated heterocycles. The summed E-state index contributed by atoms with van der Waals surface area (Å²) in [5.74, 6) is -0.213. The third-order valence-electron chi connectivity index (χ3n) is 3.14. The maximum atomic E-state index is 12.9. The second-order valence-electron chi connectivity index (χ2n) is 4.52. The summed E-state index contributed by atoms with van der Waals surface area (Å²) in [5, 5.41) is 0. The van der Waals surface area contributed by atoms with E-state index in [1.165, 1.54) is 17.7 Å². The molecule has 2 aromatic carbocycles. The van der Waals surface area contributed by atoms with Crippen molar-refractivity contribution in [2.45, 2.75) is 26.3 Å². The van der Waals surface area contributed by atoms with E-state index in [9.17, 15) is 4.39 Å². The van der Waals surface area contributed by atoms with Crippen LogP contribution in [-0.2, 0) is 0 Å². The molecule has 0 aromatic heterocycles. The Morgan fingerprint density at radius 2 is 1.65 bits per heavy atom. The molecule has 0 saturated carbocycles. The summed E-state index contributed by atoms with van der Waals surface area (Å²) in [6.45, 7) is 4.15. The highest BCUT2D eigenvalue weighted by molar-refractivity contribution is 7.59. The van der Waals surface area contributed by atoms with Gasteiger partial charge in [0.05, 0.1) is 6.04 Å². The second-order valence-corrected chi connectivity index (χ2v) is 4.52. The van der Waals surface area contributed by atoms with Crippen LogP contribution in [0.25, 0.3) is 0 Å². The van der Waals surface area contributed by atoms with Crippen LogP contribution in [0.5, 0.6) is 0 Å². The molecule has 106 valence electrons. The fourth-order valence-electron chi connectivity index (χ4n) is 2.05. The van der Waals surface area contributed by atoms with Gasteiger partial charge in [-0.25, -0.2) is 4.39 Å². The SMILES string of the molecule is CCC(=NC(C)c1ccccc1)c1ccc(F)cc1.S. The van der Waals surface area contributed by atoms with Gasteiger partial charge in [-0.3, -0.25) is 4.99 Å². The maximum Gasteiger partial charge on any atom is 0.123 e. The molecule has 0 spiro atoms. The van der Waals surface area contributed by atoms with Crippen LogP contribution >= 0.6 is 13.5 Å². The van der Waals surface area contributed by atoms with Gasteiger partial charge in [0.1, 0.15) is 5.82 Å². The first-order chi connectivity index (χ1) is 9.20. The van der Waals surface area contributed by atoms with Crippen LogP contribution in [0.2, 0.25) is 0 Å². The monoisotopic (exact) mass is 289 g/mol. The van der Waals surface area contributed by atoms with Crippen molar-refractivity contribution in [3.63, 3.8) is 0 Å². The zero-order valence-electron chi connectivity index (χ0n) is 11.8. The fourth-order valence-corrected chi connectivity index (χ4v) is 2.05. The van der Waals surface area contributed by atoms with E-state index >= 15 is 0 Å². The zero-order chi connectivity index (χ0) is 13.7. The van der Waals surface area contributed by atoms with Crippen LogP contribution in [0, 0.1) is 5.82 Å². The average Bonchev–Trinajstić information content (AvgIpc) is 2.46. The van der Waals surface area contributed by atoms with Gasteiger partial charge in [-0.05, 0) is 36.6 Å². The van der Waals surface area contributed by atoms with Crippen molar-refractivity contribution in [1.82, 2.24) is 0 Å². The highest BCUT2D eigenvalue weighted by Crippen LogP contribution is 2.18. The van der Waals surface area contributed by atoms with Crippen LogP contribution in [0.4, 0.5) is 4.39 Å². The smallest absolute Gasteiger partial charge is 0.123 e. The van der Waals surface area contributed by atoms with Gasteiger partial charge in [0.25, 0.3) is 0 Å². The number of nitrogens with zero attached hydrogens (tertiary/aromatic N) is 1. The molecule has 20 heavy (non-hydrogen) atoms. The lowest BCUT2D eigenvalue weighted by atomic mass is 10.1. The van der Waals surface area contributed by atoms with E-state index in [4.69, 9.17) is 4.99 Å². The van der Waals surface area contributed by atoms with Gasteiger partial charge in [0, 0.05) is 5.71 Å². The van der Waals surface area contributed by atoms with Crippen molar-refractivity contribution in [1.29, 1.82) is 0 Å². The fraction of sp³-hybridized carbons (Fsp3) is 0.235. The number of benzene rings is 2. The molecule has 0 fully saturated rings. The summed E-state index contributed by atoms with van der Waals surface area (Å²) in [6, 6.07) is 16.8. The average molecular weight is 289 g/mol. The normalized spacial score (nSPS) is 12.7. The minimum Gasteiger partial charge on any atom is -0.281 e. The quantitative estimate of drug-likeness (QED) is 0.710. The number of halogens is 1. The standard InChI is InChI=1S/C17H18FN.H2S/c1-3-17(15-9-11-16(18)12-10-15)19-13(2)14-7-5-4-6-8-14;/h4-13H,3H2,1-2H3;1H2. The van der Waals surface area contributed by atoms with E-state index in [1.54, 1.807) is 12.1 Å². The Morgan fingerprint density at radius 3 is 2.20 bits per heavy atom. The first-order valence-electron chi connectivity index (χ1n) is 6.58. The molecule has 0 heterocycles. The molecule has 1 unspecified atom stereocenters. The van der Waals surface area contributed by atoms with E-state index in [0.717, 1.165) is 17.7 Å². The molecular weight excluding hydrogens is 269 g/mol. The number of rotatable bonds is 4. The topological polar surface area (TPSA) is 12.4 Å². The first-order valence-corrected chi connectivity index (χ1v) is 6.58. The van der Waals surface area contributed by atoms with Crippen molar-refractivity contribution in [2.24, 2.45) is 4.99 Å². The number of aliphatic imine (C=N–C) groups is 1. The summed E-state index contributed by atoms with van der Waals surface area (Å²) >= 11 is 0. The Hall–Kier alpha value is -1.61. The van der Waals surface area contributed by atoms with Gasteiger partial charge in [0.2, 0.25) is 0 Å².